The third-order valence-electron chi connectivity index (χ3n) is 5.19. The third-order valence-corrected chi connectivity index (χ3v) is 5.19. The van der Waals surface area contributed by atoms with Gasteiger partial charge < -0.3 is 14.3 Å². The van der Waals surface area contributed by atoms with Crippen molar-refractivity contribution in [2.24, 2.45) is 11.8 Å². The maximum Gasteiger partial charge on any atom is 0.412 e. The summed E-state index contributed by atoms with van der Waals surface area (Å²) < 4.78 is 12.0. The Labute approximate surface area is 169 Å². The number of ether oxygens (including phenoxy) is 2. The van der Waals surface area contributed by atoms with E-state index in [9.17, 15) is 9.59 Å². The fourth-order valence-corrected chi connectivity index (χ4v) is 3.77. The molecular formula is C23H35NO4. The average Bonchev–Trinajstić information content (AvgIpc) is 2.81. The topological polar surface area (TPSA) is 55.8 Å². The van der Waals surface area contributed by atoms with E-state index in [1.54, 1.807) is 4.90 Å². The van der Waals surface area contributed by atoms with Crippen LogP contribution >= 0.6 is 0 Å². The molecule has 1 saturated heterocycles. The van der Waals surface area contributed by atoms with Crippen LogP contribution in [0.1, 0.15) is 60.5 Å². The van der Waals surface area contributed by atoms with Gasteiger partial charge in [0.2, 0.25) is 0 Å². The van der Waals surface area contributed by atoms with Gasteiger partial charge in [-0.05, 0) is 58.9 Å². The quantitative estimate of drug-likeness (QED) is 0.654. The highest BCUT2D eigenvalue weighted by atomic mass is 16.6. The lowest BCUT2D eigenvalue weighted by molar-refractivity contribution is -0.115. The van der Waals surface area contributed by atoms with Gasteiger partial charge in [-0.3, -0.25) is 4.90 Å². The number of carbonyl (C=O) groups excluding carboxylic acids is 2. The summed E-state index contributed by atoms with van der Waals surface area (Å²) in [5.41, 5.74) is -0.276. The zero-order valence-corrected chi connectivity index (χ0v) is 18.3. The van der Waals surface area contributed by atoms with Crippen molar-refractivity contribution in [3.63, 3.8) is 0 Å². The molecule has 0 aromatic heterocycles. The Kier molecular flexibility index (Phi) is 6.92. The van der Waals surface area contributed by atoms with Crippen molar-refractivity contribution in [1.29, 1.82) is 0 Å². The van der Waals surface area contributed by atoms with Gasteiger partial charge in [0.25, 0.3) is 0 Å². The number of carbonyl (C=O) groups is 2. The van der Waals surface area contributed by atoms with Crippen LogP contribution in [-0.2, 0) is 20.7 Å². The van der Waals surface area contributed by atoms with E-state index in [1.165, 1.54) is 0 Å². The number of benzene rings is 1. The van der Waals surface area contributed by atoms with Crippen molar-refractivity contribution in [3.8, 4) is 0 Å². The Bertz CT molecular complexity index is 663. The van der Waals surface area contributed by atoms with Crippen molar-refractivity contribution in [2.45, 2.75) is 84.8 Å². The highest BCUT2D eigenvalue weighted by Crippen LogP contribution is 2.38. The van der Waals surface area contributed by atoms with Crippen LogP contribution in [0.4, 0.5) is 4.79 Å². The molecule has 1 aliphatic heterocycles. The number of amides is 1. The van der Waals surface area contributed by atoms with Gasteiger partial charge in [0.15, 0.2) is 0 Å². The monoisotopic (exact) mass is 389 g/mol. The number of nitrogens with zero attached hydrogens (tertiary/aromatic N) is 1. The molecule has 5 heteroatoms. The fraction of sp³-hybridized carbons (Fsp3) is 0.652. The highest BCUT2D eigenvalue weighted by Gasteiger charge is 2.51. The molecule has 1 heterocycles. The van der Waals surface area contributed by atoms with Crippen molar-refractivity contribution in [3.05, 3.63) is 35.9 Å². The Morgan fingerprint density at radius 2 is 1.86 bits per heavy atom. The maximum atomic E-state index is 13.1. The molecule has 3 atom stereocenters. The second-order valence-electron chi connectivity index (χ2n) is 9.49. The third kappa shape index (κ3) is 5.57. The van der Waals surface area contributed by atoms with E-state index in [-0.39, 0.29) is 30.1 Å². The van der Waals surface area contributed by atoms with Gasteiger partial charge in [-0.1, -0.05) is 44.2 Å². The first-order valence-corrected chi connectivity index (χ1v) is 10.1. The Morgan fingerprint density at radius 1 is 1.25 bits per heavy atom. The smallest absolute Gasteiger partial charge is 0.412 e. The summed E-state index contributed by atoms with van der Waals surface area (Å²) in [4.78, 5) is 26.4. The number of hydrogen-bond donors (Lipinski definition) is 0. The second-order valence-corrected chi connectivity index (χ2v) is 9.49. The van der Waals surface area contributed by atoms with Gasteiger partial charge in [0, 0.05) is 5.92 Å². The Balaban J connectivity index is 2.36. The summed E-state index contributed by atoms with van der Waals surface area (Å²) in [5, 5.41) is 0. The Morgan fingerprint density at radius 3 is 2.36 bits per heavy atom. The molecule has 0 bridgehead atoms. The van der Waals surface area contributed by atoms with E-state index < -0.39 is 11.3 Å². The van der Waals surface area contributed by atoms with E-state index in [1.807, 2.05) is 66.7 Å². The molecule has 0 aliphatic carbocycles. The second kappa shape index (κ2) is 8.64. The van der Waals surface area contributed by atoms with Crippen molar-refractivity contribution >= 4 is 12.4 Å². The lowest BCUT2D eigenvalue weighted by Crippen LogP contribution is -2.51. The van der Waals surface area contributed by atoms with Gasteiger partial charge in [0.05, 0.1) is 12.1 Å². The molecule has 1 aromatic carbocycles. The summed E-state index contributed by atoms with van der Waals surface area (Å²) in [6.45, 7) is 13.4. The summed E-state index contributed by atoms with van der Waals surface area (Å²) in [5.74, 6) is 0.106. The van der Waals surface area contributed by atoms with Gasteiger partial charge in [-0.15, -0.1) is 0 Å². The van der Waals surface area contributed by atoms with E-state index in [0.29, 0.717) is 12.8 Å². The predicted molar refractivity (Wildman–Crippen MR) is 110 cm³/mol. The van der Waals surface area contributed by atoms with Crippen LogP contribution in [0.15, 0.2) is 30.3 Å². The molecule has 1 aromatic rings. The van der Waals surface area contributed by atoms with Crippen LogP contribution in [-0.4, -0.2) is 40.8 Å². The summed E-state index contributed by atoms with van der Waals surface area (Å²) in [7, 11) is 0. The summed E-state index contributed by atoms with van der Waals surface area (Å²) in [6.07, 6.45) is 1.63. The molecule has 1 aliphatic rings. The van der Waals surface area contributed by atoms with E-state index in [4.69, 9.17) is 9.47 Å². The molecule has 5 nitrogen and oxygen atoms in total. The molecule has 0 unspecified atom stereocenters. The zero-order valence-electron chi connectivity index (χ0n) is 18.3. The standard InChI is InChI=1S/C23H35NO4/c1-16(2)18(15-25)14-20-19(13-17-11-9-8-10-12-17)24(23(6,7)27-20)21(26)28-22(3,4)5/h8-12,15-16,18-20H,13-14H2,1-7H3/t18-,19+,20+/m1/s1. The molecule has 0 spiro atoms. The van der Waals surface area contributed by atoms with E-state index in [2.05, 4.69) is 12.1 Å². The minimum Gasteiger partial charge on any atom is -0.444 e. The first-order valence-electron chi connectivity index (χ1n) is 10.1. The number of hydrogen-bond acceptors (Lipinski definition) is 4. The fourth-order valence-electron chi connectivity index (χ4n) is 3.77. The predicted octanol–water partition coefficient (Wildman–Crippen LogP) is 4.83. The van der Waals surface area contributed by atoms with Crippen LogP contribution in [0, 0.1) is 11.8 Å². The average molecular weight is 390 g/mol. The lowest BCUT2D eigenvalue weighted by atomic mass is 9.87. The van der Waals surface area contributed by atoms with E-state index >= 15 is 0 Å². The molecular weight excluding hydrogens is 354 g/mol. The summed E-state index contributed by atoms with van der Waals surface area (Å²) in [6, 6.07) is 9.86. The normalized spacial score (nSPS) is 22.9. The van der Waals surface area contributed by atoms with Gasteiger partial charge in [-0.2, -0.15) is 0 Å². The maximum absolute atomic E-state index is 13.1. The van der Waals surface area contributed by atoms with Crippen LogP contribution < -0.4 is 0 Å². The molecule has 1 amide bonds. The van der Waals surface area contributed by atoms with E-state index in [0.717, 1.165) is 11.8 Å². The minimum atomic E-state index is -0.809. The minimum absolute atomic E-state index is 0.113. The molecule has 28 heavy (non-hydrogen) atoms. The lowest BCUT2D eigenvalue weighted by Gasteiger charge is -2.35. The highest BCUT2D eigenvalue weighted by molar-refractivity contribution is 5.70. The molecule has 1 fully saturated rings. The largest absolute Gasteiger partial charge is 0.444 e. The molecule has 0 saturated carbocycles. The van der Waals surface area contributed by atoms with Crippen LogP contribution in [0.3, 0.4) is 0 Å². The van der Waals surface area contributed by atoms with Crippen LogP contribution in [0.5, 0.6) is 0 Å². The van der Waals surface area contributed by atoms with Gasteiger partial charge in [-0.25, -0.2) is 4.79 Å². The van der Waals surface area contributed by atoms with Crippen molar-refractivity contribution in [2.75, 3.05) is 0 Å². The van der Waals surface area contributed by atoms with Crippen LogP contribution in [0.2, 0.25) is 0 Å². The molecule has 0 radical (unpaired) electrons. The molecule has 2 rings (SSSR count). The molecule has 156 valence electrons. The number of aldehydes is 1. The molecule has 0 N–H and O–H groups in total. The van der Waals surface area contributed by atoms with Gasteiger partial charge in [0.1, 0.15) is 17.6 Å². The zero-order chi connectivity index (χ0) is 21.1. The van der Waals surface area contributed by atoms with Crippen LogP contribution in [0.25, 0.3) is 0 Å². The van der Waals surface area contributed by atoms with Crippen molar-refractivity contribution in [1.82, 2.24) is 4.90 Å². The first kappa shape index (κ1) is 22.4. The number of rotatable bonds is 6. The summed E-state index contributed by atoms with van der Waals surface area (Å²) >= 11 is 0. The SMILES string of the molecule is CC(C)[C@@H](C=O)C[C@@H]1OC(C)(C)N(C(=O)OC(C)(C)C)[C@H]1Cc1ccccc1. The first-order chi connectivity index (χ1) is 12.9. The Hall–Kier alpha value is -1.88. The van der Waals surface area contributed by atoms with Gasteiger partial charge >= 0.3 is 6.09 Å². The van der Waals surface area contributed by atoms with Crippen molar-refractivity contribution < 1.29 is 19.1 Å².